The van der Waals surface area contributed by atoms with E-state index in [1.807, 2.05) is 0 Å². The third kappa shape index (κ3) is 3.42. The number of furan rings is 1. The first-order chi connectivity index (χ1) is 11.9. The molecular formula is C16H16N2O6S. The molecule has 2 heterocycles. The second-order valence-electron chi connectivity index (χ2n) is 5.36. The third-order valence-corrected chi connectivity index (χ3v) is 5.17. The maximum atomic E-state index is 12.5. The Hall–Kier alpha value is -2.65. The molecule has 132 valence electrons. The van der Waals surface area contributed by atoms with Crippen molar-refractivity contribution in [3.8, 4) is 5.75 Å². The number of carbonyl (C=O) groups is 2. The van der Waals surface area contributed by atoms with Crippen molar-refractivity contribution in [3.63, 3.8) is 0 Å². The average molecular weight is 364 g/mol. The van der Waals surface area contributed by atoms with Gasteiger partial charge in [0.05, 0.1) is 30.5 Å². The molecule has 25 heavy (non-hydrogen) atoms. The first kappa shape index (κ1) is 17.2. The zero-order chi connectivity index (χ0) is 18.0. The molecule has 0 bridgehead atoms. The first-order valence-electron chi connectivity index (χ1n) is 7.48. The molecule has 1 aromatic heterocycles. The highest BCUT2D eigenvalue weighted by Gasteiger charge is 2.33. The summed E-state index contributed by atoms with van der Waals surface area (Å²) >= 11 is 0. The molecule has 1 aliphatic heterocycles. The molecule has 2 aromatic rings. The molecule has 1 aromatic carbocycles. The van der Waals surface area contributed by atoms with Gasteiger partial charge in [-0.15, -0.1) is 0 Å². The van der Waals surface area contributed by atoms with Gasteiger partial charge in [0.1, 0.15) is 11.5 Å². The van der Waals surface area contributed by atoms with Gasteiger partial charge in [-0.2, -0.15) is 0 Å². The van der Waals surface area contributed by atoms with Crippen LogP contribution in [-0.4, -0.2) is 27.3 Å². The van der Waals surface area contributed by atoms with Gasteiger partial charge in [0, 0.05) is 12.8 Å². The second kappa shape index (κ2) is 6.69. The molecule has 0 spiro atoms. The normalized spacial score (nSPS) is 15.0. The Balaban J connectivity index is 1.93. The van der Waals surface area contributed by atoms with Crippen molar-refractivity contribution in [2.45, 2.75) is 24.3 Å². The highest BCUT2D eigenvalue weighted by molar-refractivity contribution is 7.89. The summed E-state index contributed by atoms with van der Waals surface area (Å²) < 4.78 is 37.6. The van der Waals surface area contributed by atoms with E-state index < -0.39 is 10.0 Å². The lowest BCUT2D eigenvalue weighted by atomic mass is 10.2. The van der Waals surface area contributed by atoms with E-state index in [-0.39, 0.29) is 47.5 Å². The van der Waals surface area contributed by atoms with Crippen molar-refractivity contribution < 1.29 is 27.2 Å². The van der Waals surface area contributed by atoms with Crippen LogP contribution in [0.5, 0.6) is 5.75 Å². The number of amides is 2. The zero-order valence-electron chi connectivity index (χ0n) is 13.4. The van der Waals surface area contributed by atoms with Gasteiger partial charge in [0.25, 0.3) is 0 Å². The molecule has 0 unspecified atom stereocenters. The number of methoxy groups -OCH3 is 1. The zero-order valence-corrected chi connectivity index (χ0v) is 14.2. The van der Waals surface area contributed by atoms with Crippen molar-refractivity contribution in [3.05, 3.63) is 42.4 Å². The maximum absolute atomic E-state index is 12.5. The largest absolute Gasteiger partial charge is 0.495 e. The predicted molar refractivity (Wildman–Crippen MR) is 87.5 cm³/mol. The molecule has 9 heteroatoms. The second-order valence-corrected chi connectivity index (χ2v) is 7.13. The van der Waals surface area contributed by atoms with Gasteiger partial charge in [-0.3, -0.25) is 9.59 Å². The summed E-state index contributed by atoms with van der Waals surface area (Å²) in [5.74, 6) is -0.0708. The number of sulfonamides is 1. The molecule has 2 amide bonds. The molecule has 1 aliphatic rings. The Kier molecular flexibility index (Phi) is 4.60. The van der Waals surface area contributed by atoms with E-state index in [0.717, 1.165) is 4.90 Å². The lowest BCUT2D eigenvalue weighted by Gasteiger charge is -2.18. The molecule has 1 saturated heterocycles. The van der Waals surface area contributed by atoms with Gasteiger partial charge in [-0.25, -0.2) is 18.0 Å². The summed E-state index contributed by atoms with van der Waals surface area (Å²) in [5.41, 5.74) is 0.121. The number of anilines is 1. The number of hydrogen-bond acceptors (Lipinski definition) is 6. The van der Waals surface area contributed by atoms with Crippen LogP contribution >= 0.6 is 0 Å². The fourth-order valence-corrected chi connectivity index (χ4v) is 3.53. The summed E-state index contributed by atoms with van der Waals surface area (Å²) in [6, 6.07) is 7.31. The number of hydrogen-bond donors (Lipinski definition) is 1. The quantitative estimate of drug-likeness (QED) is 0.777. The fourth-order valence-electron chi connectivity index (χ4n) is 2.52. The SMILES string of the molecule is COc1ccc(S(=O)(=O)NCc2ccco2)cc1N1C(=O)CCC1=O. The van der Waals surface area contributed by atoms with Crippen molar-refractivity contribution in [1.29, 1.82) is 0 Å². The Morgan fingerprint density at radius 2 is 1.92 bits per heavy atom. The number of rotatable bonds is 6. The van der Waals surface area contributed by atoms with Gasteiger partial charge in [-0.1, -0.05) is 0 Å². The van der Waals surface area contributed by atoms with Gasteiger partial charge < -0.3 is 9.15 Å². The number of ether oxygens (including phenoxy) is 1. The lowest BCUT2D eigenvalue weighted by molar-refractivity contribution is -0.121. The van der Waals surface area contributed by atoms with Crippen LogP contribution in [0.4, 0.5) is 5.69 Å². The van der Waals surface area contributed by atoms with E-state index >= 15 is 0 Å². The van der Waals surface area contributed by atoms with Crippen LogP contribution in [0.1, 0.15) is 18.6 Å². The Bertz CT molecular complexity index is 889. The summed E-state index contributed by atoms with van der Waals surface area (Å²) in [5, 5.41) is 0. The molecule has 0 saturated carbocycles. The molecular weight excluding hydrogens is 348 g/mol. The van der Waals surface area contributed by atoms with E-state index in [1.165, 1.54) is 31.6 Å². The summed E-state index contributed by atoms with van der Waals surface area (Å²) in [7, 11) is -2.48. The lowest BCUT2D eigenvalue weighted by Crippen LogP contribution is -2.29. The molecule has 0 atom stereocenters. The van der Waals surface area contributed by atoms with E-state index in [4.69, 9.17) is 9.15 Å². The van der Waals surface area contributed by atoms with Crippen molar-refractivity contribution >= 4 is 27.5 Å². The predicted octanol–water partition coefficient (Wildman–Crippen LogP) is 1.42. The average Bonchev–Trinajstić information content (AvgIpc) is 3.22. The Morgan fingerprint density at radius 3 is 2.52 bits per heavy atom. The van der Waals surface area contributed by atoms with Gasteiger partial charge >= 0.3 is 0 Å². The van der Waals surface area contributed by atoms with E-state index in [1.54, 1.807) is 12.1 Å². The fraction of sp³-hybridized carbons (Fsp3) is 0.250. The molecule has 0 radical (unpaired) electrons. The smallest absolute Gasteiger partial charge is 0.241 e. The van der Waals surface area contributed by atoms with Crippen LogP contribution in [-0.2, 0) is 26.2 Å². The molecule has 1 N–H and O–H groups in total. The van der Waals surface area contributed by atoms with Gasteiger partial charge in [-0.05, 0) is 30.3 Å². The topological polar surface area (TPSA) is 106 Å². The molecule has 8 nitrogen and oxygen atoms in total. The number of nitrogens with zero attached hydrogens (tertiary/aromatic N) is 1. The third-order valence-electron chi connectivity index (χ3n) is 3.77. The van der Waals surface area contributed by atoms with Crippen LogP contribution in [0.25, 0.3) is 0 Å². The maximum Gasteiger partial charge on any atom is 0.241 e. The number of carbonyl (C=O) groups excluding carboxylic acids is 2. The number of imide groups is 1. The highest BCUT2D eigenvalue weighted by Crippen LogP contribution is 2.34. The minimum atomic E-state index is -3.86. The number of benzene rings is 1. The molecule has 1 fully saturated rings. The van der Waals surface area contributed by atoms with Crippen LogP contribution in [0.2, 0.25) is 0 Å². The van der Waals surface area contributed by atoms with Crippen molar-refractivity contribution in [2.24, 2.45) is 0 Å². The summed E-state index contributed by atoms with van der Waals surface area (Å²) in [6.45, 7) is -0.0156. The monoisotopic (exact) mass is 364 g/mol. The number of nitrogens with one attached hydrogen (secondary N) is 1. The van der Waals surface area contributed by atoms with Crippen molar-refractivity contribution in [2.75, 3.05) is 12.0 Å². The molecule has 3 rings (SSSR count). The van der Waals surface area contributed by atoms with Gasteiger partial charge in [0.15, 0.2) is 0 Å². The van der Waals surface area contributed by atoms with E-state index in [0.29, 0.717) is 5.76 Å². The van der Waals surface area contributed by atoms with Crippen molar-refractivity contribution in [1.82, 2.24) is 4.72 Å². The summed E-state index contributed by atoms with van der Waals surface area (Å²) in [4.78, 5) is 24.8. The van der Waals surface area contributed by atoms with Crippen LogP contribution < -0.4 is 14.4 Å². The first-order valence-corrected chi connectivity index (χ1v) is 8.96. The minimum Gasteiger partial charge on any atom is -0.495 e. The van der Waals surface area contributed by atoms with Crippen LogP contribution in [0.15, 0.2) is 45.9 Å². The standard InChI is InChI=1S/C16H16N2O6S/c1-23-14-5-4-12(9-13(14)18-15(19)6-7-16(18)20)25(21,22)17-10-11-3-2-8-24-11/h2-5,8-9,17H,6-7,10H2,1H3. The highest BCUT2D eigenvalue weighted by atomic mass is 32.2. The van der Waals surface area contributed by atoms with Gasteiger partial charge in [0.2, 0.25) is 21.8 Å². The van der Waals surface area contributed by atoms with Crippen LogP contribution in [0.3, 0.4) is 0 Å². The minimum absolute atomic E-state index is 0.0156. The van der Waals surface area contributed by atoms with E-state index in [2.05, 4.69) is 4.72 Å². The van der Waals surface area contributed by atoms with Crippen LogP contribution in [0, 0.1) is 0 Å². The summed E-state index contributed by atoms with van der Waals surface area (Å²) in [6.07, 6.45) is 1.63. The Labute approximate surface area is 144 Å². The molecule has 0 aliphatic carbocycles. The Morgan fingerprint density at radius 1 is 1.20 bits per heavy atom. The van der Waals surface area contributed by atoms with E-state index in [9.17, 15) is 18.0 Å².